The first kappa shape index (κ1) is 20.2. The average molecular weight is 404 g/mol. The van der Waals surface area contributed by atoms with Crippen molar-refractivity contribution in [1.29, 1.82) is 0 Å². The Labute approximate surface area is 167 Å². The van der Waals surface area contributed by atoms with E-state index in [2.05, 4.69) is 17.6 Å². The Morgan fingerprint density at radius 3 is 2.64 bits per heavy atom. The molecule has 1 heterocycles. The Morgan fingerprint density at radius 2 is 1.96 bits per heavy atom. The van der Waals surface area contributed by atoms with E-state index < -0.39 is 23.4 Å². The van der Waals surface area contributed by atoms with Gasteiger partial charge in [-0.1, -0.05) is 19.1 Å². The molecule has 1 aliphatic heterocycles. The number of para-hydroxylation sites is 1. The fourth-order valence-corrected chi connectivity index (χ4v) is 4.34. The highest BCUT2D eigenvalue weighted by Crippen LogP contribution is 2.36. The molecule has 1 aliphatic carbocycles. The van der Waals surface area contributed by atoms with Crippen LogP contribution in [0.25, 0.3) is 0 Å². The number of imide groups is 1. The lowest BCUT2D eigenvalue weighted by Gasteiger charge is -2.33. The summed E-state index contributed by atoms with van der Waals surface area (Å²) < 4.78 is 0. The number of anilines is 1. The van der Waals surface area contributed by atoms with Crippen molar-refractivity contribution in [2.45, 2.75) is 43.0 Å². The van der Waals surface area contributed by atoms with Gasteiger partial charge >= 0.3 is 6.03 Å². The third kappa shape index (κ3) is 4.30. The molecular formula is C19H24N4O4S. The van der Waals surface area contributed by atoms with E-state index in [-0.39, 0.29) is 18.2 Å². The SMILES string of the molecule is CC1CCC2(CC1)NC(=O)N(CC(=O)Nc1ccccc1SCC(N)=O)C2=O. The van der Waals surface area contributed by atoms with Gasteiger partial charge in [0.1, 0.15) is 12.1 Å². The Hall–Kier alpha value is -2.55. The molecule has 0 bridgehead atoms. The van der Waals surface area contributed by atoms with E-state index >= 15 is 0 Å². The quantitative estimate of drug-likeness (QED) is 0.492. The maximum absolute atomic E-state index is 12.8. The van der Waals surface area contributed by atoms with Crippen molar-refractivity contribution in [2.24, 2.45) is 11.7 Å². The molecule has 1 aromatic carbocycles. The van der Waals surface area contributed by atoms with E-state index in [4.69, 9.17) is 5.73 Å². The van der Waals surface area contributed by atoms with Crippen LogP contribution in [0.3, 0.4) is 0 Å². The summed E-state index contributed by atoms with van der Waals surface area (Å²) in [6.07, 6.45) is 2.94. The fraction of sp³-hybridized carbons (Fsp3) is 0.474. The Bertz CT molecular complexity index is 805. The van der Waals surface area contributed by atoms with Crippen LogP contribution in [-0.4, -0.2) is 46.5 Å². The predicted molar refractivity (Wildman–Crippen MR) is 106 cm³/mol. The highest BCUT2D eigenvalue weighted by molar-refractivity contribution is 8.00. The van der Waals surface area contributed by atoms with Gasteiger partial charge in [-0.05, 0) is 43.7 Å². The molecule has 4 N–H and O–H groups in total. The van der Waals surface area contributed by atoms with Crippen molar-refractivity contribution in [3.05, 3.63) is 24.3 Å². The zero-order chi connectivity index (χ0) is 20.3. The molecule has 28 heavy (non-hydrogen) atoms. The summed E-state index contributed by atoms with van der Waals surface area (Å²) in [7, 11) is 0. The van der Waals surface area contributed by atoms with Gasteiger partial charge in [-0.15, -0.1) is 11.8 Å². The summed E-state index contributed by atoms with van der Waals surface area (Å²) in [5.41, 5.74) is 4.82. The molecule has 2 aliphatic rings. The van der Waals surface area contributed by atoms with Crippen LogP contribution in [-0.2, 0) is 14.4 Å². The summed E-state index contributed by atoms with van der Waals surface area (Å²) in [6, 6.07) is 6.46. The molecule has 0 atom stereocenters. The minimum atomic E-state index is -0.862. The molecule has 150 valence electrons. The van der Waals surface area contributed by atoms with Crippen LogP contribution >= 0.6 is 11.8 Å². The van der Waals surface area contributed by atoms with Crippen LogP contribution in [0.4, 0.5) is 10.5 Å². The molecule has 1 spiro atoms. The number of rotatable bonds is 6. The monoisotopic (exact) mass is 404 g/mol. The number of carbonyl (C=O) groups is 4. The van der Waals surface area contributed by atoms with Gasteiger partial charge in [-0.3, -0.25) is 19.3 Å². The third-order valence-electron chi connectivity index (χ3n) is 5.21. The lowest BCUT2D eigenvalue weighted by atomic mass is 9.77. The van der Waals surface area contributed by atoms with Crippen molar-refractivity contribution in [1.82, 2.24) is 10.2 Å². The first-order valence-electron chi connectivity index (χ1n) is 9.25. The number of nitrogens with one attached hydrogen (secondary N) is 2. The Balaban J connectivity index is 1.65. The zero-order valence-corrected chi connectivity index (χ0v) is 16.5. The molecule has 8 nitrogen and oxygen atoms in total. The molecule has 0 unspecified atom stereocenters. The smallest absolute Gasteiger partial charge is 0.325 e. The van der Waals surface area contributed by atoms with Crippen molar-refractivity contribution < 1.29 is 19.2 Å². The van der Waals surface area contributed by atoms with E-state index in [1.54, 1.807) is 24.3 Å². The summed E-state index contributed by atoms with van der Waals surface area (Å²) in [6.45, 7) is 1.78. The number of carbonyl (C=O) groups excluding carboxylic acids is 4. The van der Waals surface area contributed by atoms with Crippen molar-refractivity contribution in [3.63, 3.8) is 0 Å². The van der Waals surface area contributed by atoms with E-state index in [0.29, 0.717) is 29.3 Å². The van der Waals surface area contributed by atoms with Gasteiger partial charge in [0.2, 0.25) is 11.8 Å². The maximum Gasteiger partial charge on any atom is 0.325 e. The molecule has 0 aromatic heterocycles. The fourth-order valence-electron chi connectivity index (χ4n) is 3.59. The van der Waals surface area contributed by atoms with Crippen molar-refractivity contribution in [3.8, 4) is 0 Å². The van der Waals surface area contributed by atoms with Crippen LogP contribution in [0.1, 0.15) is 32.6 Å². The first-order chi connectivity index (χ1) is 13.3. The number of hydrogen-bond acceptors (Lipinski definition) is 5. The summed E-state index contributed by atoms with van der Waals surface area (Å²) in [5.74, 6) is -0.645. The van der Waals surface area contributed by atoms with Gasteiger partial charge in [0, 0.05) is 4.90 Å². The number of nitrogens with two attached hydrogens (primary N) is 1. The number of thioether (sulfide) groups is 1. The second-order valence-electron chi connectivity index (χ2n) is 7.39. The second kappa shape index (κ2) is 8.22. The minimum Gasteiger partial charge on any atom is -0.369 e. The molecule has 1 saturated heterocycles. The highest BCUT2D eigenvalue weighted by Gasteiger charge is 2.52. The van der Waals surface area contributed by atoms with E-state index in [1.807, 2.05) is 0 Å². The predicted octanol–water partition coefficient (Wildman–Crippen LogP) is 1.70. The Kier molecular flexibility index (Phi) is 5.93. The van der Waals surface area contributed by atoms with E-state index in [0.717, 1.165) is 17.7 Å². The molecule has 0 radical (unpaired) electrons. The molecule has 2 fully saturated rings. The number of urea groups is 1. The molecule has 1 saturated carbocycles. The lowest BCUT2D eigenvalue weighted by molar-refractivity contribution is -0.135. The third-order valence-corrected chi connectivity index (χ3v) is 6.30. The van der Waals surface area contributed by atoms with Crippen LogP contribution in [0.5, 0.6) is 0 Å². The summed E-state index contributed by atoms with van der Waals surface area (Å²) >= 11 is 1.21. The number of benzene rings is 1. The average Bonchev–Trinajstić information content (AvgIpc) is 2.88. The second-order valence-corrected chi connectivity index (χ2v) is 8.40. The molecule has 3 rings (SSSR count). The number of nitrogens with zero attached hydrogens (tertiary/aromatic N) is 1. The van der Waals surface area contributed by atoms with Gasteiger partial charge in [0.25, 0.3) is 5.91 Å². The summed E-state index contributed by atoms with van der Waals surface area (Å²) in [5, 5.41) is 5.52. The minimum absolute atomic E-state index is 0.0842. The van der Waals surface area contributed by atoms with Crippen molar-refractivity contribution in [2.75, 3.05) is 17.6 Å². The molecule has 1 aromatic rings. The standard InChI is InChI=1S/C19H24N4O4S/c1-12-6-8-19(9-7-12)17(26)23(18(27)22-19)10-16(25)21-13-4-2-3-5-14(13)28-11-15(20)24/h2-5,12H,6-11H2,1H3,(H2,20,24)(H,21,25)(H,22,27). The lowest BCUT2D eigenvalue weighted by Crippen LogP contribution is -2.49. The van der Waals surface area contributed by atoms with Crippen LogP contribution in [0, 0.1) is 5.92 Å². The summed E-state index contributed by atoms with van der Waals surface area (Å²) in [4.78, 5) is 50.3. The van der Waals surface area contributed by atoms with Crippen LogP contribution in [0.2, 0.25) is 0 Å². The topological polar surface area (TPSA) is 122 Å². The zero-order valence-electron chi connectivity index (χ0n) is 15.7. The number of hydrogen-bond donors (Lipinski definition) is 3. The van der Waals surface area contributed by atoms with Gasteiger partial charge in [-0.25, -0.2) is 4.79 Å². The molecule has 9 heteroatoms. The van der Waals surface area contributed by atoms with Crippen LogP contribution in [0.15, 0.2) is 29.2 Å². The van der Waals surface area contributed by atoms with Gasteiger partial charge in [0.15, 0.2) is 0 Å². The normalized spacial score (nSPS) is 24.3. The first-order valence-corrected chi connectivity index (χ1v) is 10.2. The van der Waals surface area contributed by atoms with Gasteiger partial charge < -0.3 is 16.4 Å². The van der Waals surface area contributed by atoms with Crippen LogP contribution < -0.4 is 16.4 Å². The molecule has 5 amide bonds. The maximum atomic E-state index is 12.8. The molecular weight excluding hydrogens is 380 g/mol. The highest BCUT2D eigenvalue weighted by atomic mass is 32.2. The number of primary amides is 1. The largest absolute Gasteiger partial charge is 0.369 e. The van der Waals surface area contributed by atoms with E-state index in [1.165, 1.54) is 11.8 Å². The Morgan fingerprint density at radius 1 is 1.29 bits per heavy atom. The van der Waals surface area contributed by atoms with E-state index in [9.17, 15) is 19.2 Å². The van der Waals surface area contributed by atoms with Crippen molar-refractivity contribution >= 4 is 41.2 Å². The van der Waals surface area contributed by atoms with Gasteiger partial charge in [0.05, 0.1) is 11.4 Å². The van der Waals surface area contributed by atoms with Gasteiger partial charge in [-0.2, -0.15) is 0 Å². The number of amides is 5.